The number of nitrogens with zero attached hydrogens (tertiary/aromatic N) is 1. The quantitative estimate of drug-likeness (QED) is 0.804. The lowest BCUT2D eigenvalue weighted by molar-refractivity contribution is -0.674. The molecule has 2 aromatic rings. The highest BCUT2D eigenvalue weighted by Gasteiger charge is 2.42. The predicted molar refractivity (Wildman–Crippen MR) is 90.8 cm³/mol. The SMILES string of the molecule is COc1ccc(N2C(=O)C[C@H]([NH2+]CCc3ccccc3F)C2=O)cc1. The number of methoxy groups -OCH3 is 1. The number of nitrogens with two attached hydrogens (primary N) is 1. The predicted octanol–water partition coefficient (Wildman–Crippen LogP) is 1.27. The zero-order valence-electron chi connectivity index (χ0n) is 13.9. The fourth-order valence-corrected chi connectivity index (χ4v) is 2.98. The van der Waals surface area contributed by atoms with Crippen molar-refractivity contribution in [3.63, 3.8) is 0 Å². The molecule has 3 rings (SSSR count). The first-order valence-electron chi connectivity index (χ1n) is 8.17. The lowest BCUT2D eigenvalue weighted by Gasteiger charge is -2.14. The van der Waals surface area contributed by atoms with Gasteiger partial charge in [-0.25, -0.2) is 9.29 Å². The number of amides is 2. The third kappa shape index (κ3) is 3.69. The first kappa shape index (κ1) is 17.1. The Kier molecular flexibility index (Phi) is 5.09. The number of imide groups is 1. The van der Waals surface area contributed by atoms with Gasteiger partial charge in [0.25, 0.3) is 5.91 Å². The minimum Gasteiger partial charge on any atom is -0.497 e. The number of quaternary nitrogens is 1. The Bertz CT molecular complexity index is 776. The molecule has 0 bridgehead atoms. The van der Waals surface area contributed by atoms with E-state index in [0.717, 1.165) is 0 Å². The number of hydrogen-bond donors (Lipinski definition) is 1. The van der Waals surface area contributed by atoms with E-state index < -0.39 is 6.04 Å². The van der Waals surface area contributed by atoms with Crippen molar-refractivity contribution in [2.24, 2.45) is 0 Å². The molecule has 1 aliphatic heterocycles. The molecule has 1 heterocycles. The van der Waals surface area contributed by atoms with E-state index in [0.29, 0.717) is 30.0 Å². The van der Waals surface area contributed by atoms with E-state index in [1.165, 1.54) is 11.0 Å². The van der Waals surface area contributed by atoms with E-state index in [9.17, 15) is 14.0 Å². The number of carbonyl (C=O) groups excluding carboxylic acids is 2. The van der Waals surface area contributed by atoms with Crippen molar-refractivity contribution >= 4 is 17.5 Å². The van der Waals surface area contributed by atoms with Gasteiger partial charge in [-0.1, -0.05) is 18.2 Å². The van der Waals surface area contributed by atoms with Crippen LogP contribution >= 0.6 is 0 Å². The summed E-state index contributed by atoms with van der Waals surface area (Å²) in [6, 6.07) is 12.9. The van der Waals surface area contributed by atoms with Crippen LogP contribution in [0.5, 0.6) is 5.75 Å². The zero-order chi connectivity index (χ0) is 17.8. The maximum atomic E-state index is 13.6. The lowest BCUT2D eigenvalue weighted by Crippen LogP contribution is -2.92. The summed E-state index contributed by atoms with van der Waals surface area (Å²) in [5, 5.41) is 1.82. The number of rotatable bonds is 6. The van der Waals surface area contributed by atoms with Gasteiger partial charge >= 0.3 is 0 Å². The van der Waals surface area contributed by atoms with Gasteiger partial charge < -0.3 is 10.1 Å². The van der Waals surface area contributed by atoms with E-state index in [4.69, 9.17) is 4.74 Å². The van der Waals surface area contributed by atoms with E-state index in [1.807, 2.05) is 5.32 Å². The van der Waals surface area contributed by atoms with E-state index in [-0.39, 0.29) is 24.1 Å². The van der Waals surface area contributed by atoms with E-state index >= 15 is 0 Å². The van der Waals surface area contributed by atoms with Crippen molar-refractivity contribution in [2.45, 2.75) is 18.9 Å². The van der Waals surface area contributed by atoms with Crippen LogP contribution in [-0.2, 0) is 16.0 Å². The molecule has 6 heteroatoms. The topological polar surface area (TPSA) is 63.2 Å². The van der Waals surface area contributed by atoms with Crippen LogP contribution in [0.1, 0.15) is 12.0 Å². The molecule has 0 aromatic heterocycles. The monoisotopic (exact) mass is 343 g/mol. The van der Waals surface area contributed by atoms with Crippen molar-refractivity contribution in [2.75, 3.05) is 18.6 Å². The number of anilines is 1. The fraction of sp³-hybridized carbons (Fsp3) is 0.263. The average molecular weight is 343 g/mol. The van der Waals surface area contributed by atoms with Gasteiger partial charge in [-0.3, -0.25) is 9.59 Å². The Morgan fingerprint density at radius 2 is 1.88 bits per heavy atom. The number of benzene rings is 2. The van der Waals surface area contributed by atoms with Crippen molar-refractivity contribution < 1.29 is 24.0 Å². The third-order valence-electron chi connectivity index (χ3n) is 4.33. The highest BCUT2D eigenvalue weighted by atomic mass is 19.1. The molecule has 0 spiro atoms. The highest BCUT2D eigenvalue weighted by molar-refractivity contribution is 6.21. The summed E-state index contributed by atoms with van der Waals surface area (Å²) in [4.78, 5) is 26.0. The van der Waals surface area contributed by atoms with Gasteiger partial charge in [0, 0.05) is 6.42 Å². The minimum atomic E-state index is -0.457. The fourth-order valence-electron chi connectivity index (χ4n) is 2.98. The molecule has 0 saturated carbocycles. The Labute approximate surface area is 145 Å². The first-order chi connectivity index (χ1) is 12.1. The van der Waals surface area contributed by atoms with Crippen molar-refractivity contribution in [1.29, 1.82) is 0 Å². The number of halogens is 1. The molecule has 0 radical (unpaired) electrons. The van der Waals surface area contributed by atoms with Crippen LogP contribution in [0.3, 0.4) is 0 Å². The molecule has 2 N–H and O–H groups in total. The molecule has 1 saturated heterocycles. The molecule has 0 unspecified atom stereocenters. The Morgan fingerprint density at radius 3 is 2.56 bits per heavy atom. The van der Waals surface area contributed by atoms with Gasteiger partial charge in [0.1, 0.15) is 11.6 Å². The molecule has 130 valence electrons. The summed E-state index contributed by atoms with van der Waals surface area (Å²) in [7, 11) is 1.56. The van der Waals surface area contributed by atoms with Crippen LogP contribution in [0.15, 0.2) is 48.5 Å². The van der Waals surface area contributed by atoms with Gasteiger partial charge in [-0.15, -0.1) is 0 Å². The third-order valence-corrected chi connectivity index (χ3v) is 4.33. The van der Waals surface area contributed by atoms with Gasteiger partial charge in [0.05, 0.1) is 25.8 Å². The molecular weight excluding hydrogens is 323 g/mol. The normalized spacial score (nSPS) is 17.2. The number of carbonyl (C=O) groups is 2. The molecule has 1 atom stereocenters. The molecule has 1 fully saturated rings. The summed E-state index contributed by atoms with van der Waals surface area (Å²) in [5.74, 6) is -0.0357. The van der Waals surface area contributed by atoms with E-state index in [2.05, 4.69) is 0 Å². The van der Waals surface area contributed by atoms with Crippen molar-refractivity contribution in [3.05, 3.63) is 59.9 Å². The molecular formula is C19H20FN2O3+. The maximum absolute atomic E-state index is 13.6. The maximum Gasteiger partial charge on any atom is 0.292 e. The van der Waals surface area contributed by atoms with Crippen LogP contribution in [0, 0.1) is 5.82 Å². The van der Waals surface area contributed by atoms with Gasteiger partial charge in [0.15, 0.2) is 6.04 Å². The molecule has 2 aromatic carbocycles. The summed E-state index contributed by atoms with van der Waals surface area (Å²) < 4.78 is 18.7. The second kappa shape index (κ2) is 7.44. The molecule has 2 amide bonds. The molecule has 25 heavy (non-hydrogen) atoms. The summed E-state index contributed by atoms with van der Waals surface area (Å²) in [6.07, 6.45) is 0.662. The van der Waals surface area contributed by atoms with Crippen molar-refractivity contribution in [1.82, 2.24) is 0 Å². The van der Waals surface area contributed by atoms with Crippen LogP contribution in [-0.4, -0.2) is 31.5 Å². The van der Waals surface area contributed by atoms with Crippen LogP contribution in [0.4, 0.5) is 10.1 Å². The largest absolute Gasteiger partial charge is 0.497 e. The van der Waals surface area contributed by atoms with Crippen molar-refractivity contribution in [3.8, 4) is 5.75 Å². The van der Waals surface area contributed by atoms with Crippen LogP contribution < -0.4 is 15.0 Å². The second-order valence-electron chi connectivity index (χ2n) is 5.94. The number of ether oxygens (including phenoxy) is 1. The lowest BCUT2D eigenvalue weighted by atomic mass is 10.1. The Balaban J connectivity index is 1.61. The smallest absolute Gasteiger partial charge is 0.292 e. The Hall–Kier alpha value is -2.73. The summed E-state index contributed by atoms with van der Waals surface area (Å²) in [5.41, 5.74) is 1.16. The highest BCUT2D eigenvalue weighted by Crippen LogP contribution is 2.24. The van der Waals surface area contributed by atoms with Crippen LogP contribution in [0.2, 0.25) is 0 Å². The first-order valence-corrected chi connectivity index (χ1v) is 8.17. The summed E-state index contributed by atoms with van der Waals surface area (Å²) in [6.45, 7) is 0.543. The molecule has 5 nitrogen and oxygen atoms in total. The number of hydrogen-bond acceptors (Lipinski definition) is 3. The molecule has 0 aliphatic carbocycles. The minimum absolute atomic E-state index is 0.155. The Morgan fingerprint density at radius 1 is 1.16 bits per heavy atom. The standard InChI is InChI=1S/C19H19FN2O3/c1-25-15-8-6-14(7-9-15)22-18(23)12-17(19(22)24)21-11-10-13-4-2-3-5-16(13)20/h2-9,17,21H,10-12H2,1H3/p+1/t17-/m0/s1. The van der Waals surface area contributed by atoms with Gasteiger partial charge in [-0.2, -0.15) is 0 Å². The van der Waals surface area contributed by atoms with Gasteiger partial charge in [-0.05, 0) is 35.9 Å². The van der Waals surface area contributed by atoms with Crippen LogP contribution in [0.25, 0.3) is 0 Å². The van der Waals surface area contributed by atoms with Gasteiger partial charge in [0.2, 0.25) is 5.91 Å². The second-order valence-corrected chi connectivity index (χ2v) is 5.94. The zero-order valence-corrected chi connectivity index (χ0v) is 13.9. The molecule has 1 aliphatic rings. The van der Waals surface area contributed by atoms with E-state index in [1.54, 1.807) is 49.6 Å². The summed E-state index contributed by atoms with van der Waals surface area (Å²) >= 11 is 0. The average Bonchev–Trinajstić information content (AvgIpc) is 2.90.